The summed E-state index contributed by atoms with van der Waals surface area (Å²) in [7, 11) is 0. The van der Waals surface area contributed by atoms with Crippen molar-refractivity contribution in [3.63, 3.8) is 0 Å². The van der Waals surface area contributed by atoms with Crippen LogP contribution in [0.4, 0.5) is 8.78 Å². The van der Waals surface area contributed by atoms with E-state index in [0.717, 1.165) is 31.3 Å². The molecule has 0 amide bonds. The fourth-order valence-electron chi connectivity index (χ4n) is 2.12. The molecule has 1 nitrogen and oxygen atoms in total. The third kappa shape index (κ3) is 2.47. The summed E-state index contributed by atoms with van der Waals surface area (Å²) in [5.74, 6) is -1.02. The second-order valence-electron chi connectivity index (χ2n) is 4.29. The van der Waals surface area contributed by atoms with Crippen molar-refractivity contribution in [1.82, 2.24) is 0 Å². The highest BCUT2D eigenvalue weighted by molar-refractivity contribution is 5.54. The monoisotopic (exact) mass is 223 g/mol. The number of nitrogens with two attached hydrogens (primary N) is 1. The molecule has 0 heterocycles. The minimum atomic E-state index is -0.508. The maximum absolute atomic E-state index is 13.4. The first-order valence-electron chi connectivity index (χ1n) is 5.56. The Morgan fingerprint density at radius 1 is 1.25 bits per heavy atom. The van der Waals surface area contributed by atoms with Crippen LogP contribution in [0, 0.1) is 11.6 Å². The van der Waals surface area contributed by atoms with E-state index in [2.05, 4.69) is 0 Å². The van der Waals surface area contributed by atoms with Crippen LogP contribution in [0.5, 0.6) is 0 Å². The normalized spacial score (nSPS) is 23.7. The Kier molecular flexibility index (Phi) is 3.34. The third-order valence-corrected chi connectivity index (χ3v) is 2.95. The summed E-state index contributed by atoms with van der Waals surface area (Å²) >= 11 is 0. The van der Waals surface area contributed by atoms with Crippen molar-refractivity contribution in [2.45, 2.75) is 31.7 Å². The molecule has 1 aromatic carbocycles. The van der Waals surface area contributed by atoms with E-state index in [9.17, 15) is 8.78 Å². The molecule has 0 aromatic heterocycles. The Morgan fingerprint density at radius 3 is 2.56 bits per heavy atom. The fraction of sp³-hybridized carbons (Fsp3) is 0.385. The minimum absolute atomic E-state index is 0.0617. The molecule has 2 rings (SSSR count). The smallest absolute Gasteiger partial charge is 0.133 e. The lowest BCUT2D eigenvalue weighted by Crippen LogP contribution is -2.23. The predicted octanol–water partition coefficient (Wildman–Crippen LogP) is 3.25. The molecule has 0 radical (unpaired) electrons. The second kappa shape index (κ2) is 4.74. The molecule has 0 bridgehead atoms. The van der Waals surface area contributed by atoms with Gasteiger partial charge in [0, 0.05) is 11.6 Å². The number of halogens is 2. The summed E-state index contributed by atoms with van der Waals surface area (Å²) in [5, 5.41) is 0. The van der Waals surface area contributed by atoms with Crippen LogP contribution in [0.3, 0.4) is 0 Å². The van der Waals surface area contributed by atoms with E-state index in [1.807, 2.05) is 0 Å². The third-order valence-electron chi connectivity index (χ3n) is 2.95. The van der Waals surface area contributed by atoms with Gasteiger partial charge in [-0.1, -0.05) is 11.6 Å². The van der Waals surface area contributed by atoms with Crippen molar-refractivity contribution in [3.8, 4) is 0 Å². The zero-order valence-corrected chi connectivity index (χ0v) is 9.05. The minimum Gasteiger partial charge on any atom is -0.327 e. The van der Waals surface area contributed by atoms with E-state index in [-0.39, 0.29) is 11.6 Å². The predicted molar refractivity (Wildman–Crippen MR) is 60.8 cm³/mol. The van der Waals surface area contributed by atoms with Crippen LogP contribution in [0.15, 0.2) is 23.8 Å². The molecular weight excluding hydrogens is 208 g/mol. The van der Waals surface area contributed by atoms with E-state index in [1.54, 1.807) is 6.08 Å². The van der Waals surface area contributed by atoms with Crippen LogP contribution in [-0.4, -0.2) is 6.04 Å². The molecule has 1 atom stereocenters. The molecule has 3 heteroatoms. The average molecular weight is 223 g/mol. The lowest BCUT2D eigenvalue weighted by atomic mass is 9.90. The van der Waals surface area contributed by atoms with Gasteiger partial charge >= 0.3 is 0 Å². The summed E-state index contributed by atoms with van der Waals surface area (Å²) in [4.78, 5) is 0. The van der Waals surface area contributed by atoms with Gasteiger partial charge in [-0.15, -0.1) is 0 Å². The summed E-state index contributed by atoms with van der Waals surface area (Å²) in [6.07, 6.45) is 5.25. The van der Waals surface area contributed by atoms with Gasteiger partial charge < -0.3 is 5.73 Å². The van der Waals surface area contributed by atoms with E-state index in [4.69, 9.17) is 5.73 Å². The van der Waals surface area contributed by atoms with E-state index < -0.39 is 11.6 Å². The van der Waals surface area contributed by atoms with Crippen molar-refractivity contribution in [3.05, 3.63) is 41.0 Å². The standard InChI is InChI=1S/C13H15F2N/c14-12-5-2-6-13(15)11(12)8-9-3-1-4-10(16)7-9/h2,5-6,8,10H,1,3-4,7,16H2/b9-8-. The van der Waals surface area contributed by atoms with E-state index >= 15 is 0 Å². The van der Waals surface area contributed by atoms with Gasteiger partial charge in [0.15, 0.2) is 0 Å². The van der Waals surface area contributed by atoms with Crippen LogP contribution in [0.25, 0.3) is 6.08 Å². The second-order valence-corrected chi connectivity index (χ2v) is 4.29. The van der Waals surface area contributed by atoms with Gasteiger partial charge in [-0.05, 0) is 43.9 Å². The van der Waals surface area contributed by atoms with Gasteiger partial charge in [-0.25, -0.2) is 8.78 Å². The molecule has 1 aromatic rings. The summed E-state index contributed by atoms with van der Waals surface area (Å²) in [6.45, 7) is 0. The number of hydrogen-bond acceptors (Lipinski definition) is 1. The van der Waals surface area contributed by atoms with Gasteiger partial charge in [0.2, 0.25) is 0 Å². The van der Waals surface area contributed by atoms with Gasteiger partial charge in [0.1, 0.15) is 11.6 Å². The van der Waals surface area contributed by atoms with Crippen LogP contribution in [0.2, 0.25) is 0 Å². The highest BCUT2D eigenvalue weighted by Gasteiger charge is 2.14. The molecule has 0 aliphatic heterocycles. The Hall–Kier alpha value is -1.22. The Labute approximate surface area is 94.0 Å². The average Bonchev–Trinajstić information content (AvgIpc) is 2.24. The Balaban J connectivity index is 2.28. The molecule has 1 saturated carbocycles. The van der Waals surface area contributed by atoms with E-state index in [0.29, 0.717) is 0 Å². The summed E-state index contributed by atoms with van der Waals surface area (Å²) in [5.41, 5.74) is 6.93. The summed E-state index contributed by atoms with van der Waals surface area (Å²) < 4.78 is 26.8. The molecular formula is C13H15F2N. The first-order chi connectivity index (χ1) is 7.66. The quantitative estimate of drug-likeness (QED) is 0.777. The van der Waals surface area contributed by atoms with Crippen LogP contribution >= 0.6 is 0 Å². The number of rotatable bonds is 1. The zero-order chi connectivity index (χ0) is 11.5. The van der Waals surface area contributed by atoms with Crippen molar-refractivity contribution in [1.29, 1.82) is 0 Å². The largest absolute Gasteiger partial charge is 0.327 e. The molecule has 16 heavy (non-hydrogen) atoms. The summed E-state index contributed by atoms with van der Waals surface area (Å²) in [6, 6.07) is 4.06. The molecule has 0 saturated heterocycles. The Bertz CT molecular complexity index is 392. The number of hydrogen-bond donors (Lipinski definition) is 1. The lowest BCUT2D eigenvalue weighted by Gasteiger charge is -2.20. The number of benzene rings is 1. The van der Waals surface area contributed by atoms with Crippen molar-refractivity contribution in [2.75, 3.05) is 0 Å². The first kappa shape index (κ1) is 11.3. The molecule has 1 fully saturated rings. The van der Waals surface area contributed by atoms with Gasteiger partial charge in [-0.3, -0.25) is 0 Å². The van der Waals surface area contributed by atoms with Gasteiger partial charge in [0.05, 0.1) is 0 Å². The van der Waals surface area contributed by atoms with Crippen molar-refractivity contribution < 1.29 is 8.78 Å². The van der Waals surface area contributed by atoms with Crippen LogP contribution < -0.4 is 5.73 Å². The molecule has 1 aliphatic rings. The van der Waals surface area contributed by atoms with Crippen molar-refractivity contribution >= 4 is 6.08 Å². The topological polar surface area (TPSA) is 26.0 Å². The highest BCUT2D eigenvalue weighted by Crippen LogP contribution is 2.26. The van der Waals surface area contributed by atoms with Crippen LogP contribution in [-0.2, 0) is 0 Å². The molecule has 86 valence electrons. The van der Waals surface area contributed by atoms with Gasteiger partial charge in [-0.2, -0.15) is 0 Å². The highest BCUT2D eigenvalue weighted by atomic mass is 19.1. The Morgan fingerprint density at radius 2 is 1.94 bits per heavy atom. The first-order valence-corrected chi connectivity index (χ1v) is 5.56. The van der Waals surface area contributed by atoms with Crippen LogP contribution in [0.1, 0.15) is 31.2 Å². The maximum Gasteiger partial charge on any atom is 0.133 e. The molecule has 1 aliphatic carbocycles. The zero-order valence-electron chi connectivity index (χ0n) is 9.05. The lowest BCUT2D eigenvalue weighted by molar-refractivity contribution is 0.519. The molecule has 2 N–H and O–H groups in total. The van der Waals surface area contributed by atoms with E-state index in [1.165, 1.54) is 18.2 Å². The SMILES string of the molecule is NC1CCC/C(=C/c2c(F)cccc2F)C1. The maximum atomic E-state index is 13.4. The molecule has 1 unspecified atom stereocenters. The fourth-order valence-corrected chi connectivity index (χ4v) is 2.12. The van der Waals surface area contributed by atoms with Crippen molar-refractivity contribution in [2.24, 2.45) is 5.73 Å². The molecule has 0 spiro atoms. The van der Waals surface area contributed by atoms with Gasteiger partial charge in [0.25, 0.3) is 0 Å².